The lowest BCUT2D eigenvalue weighted by Gasteiger charge is -2.17. The van der Waals surface area contributed by atoms with E-state index in [0.717, 1.165) is 36.0 Å². The molecule has 0 saturated carbocycles. The molecule has 11 heteroatoms. The van der Waals surface area contributed by atoms with Gasteiger partial charge in [-0.1, -0.05) is 13.0 Å². The number of nitriles is 1. The minimum Gasteiger partial charge on any atom is -0.493 e. The van der Waals surface area contributed by atoms with E-state index in [1.165, 1.54) is 16.7 Å². The van der Waals surface area contributed by atoms with E-state index in [0.29, 0.717) is 30.3 Å². The second-order valence-corrected chi connectivity index (χ2v) is 9.02. The number of aliphatic imine (C=N–C) groups is 2. The molecule has 0 radical (unpaired) electrons. The molecule has 41 heavy (non-hydrogen) atoms. The van der Waals surface area contributed by atoms with Crippen molar-refractivity contribution in [1.29, 1.82) is 5.26 Å². The van der Waals surface area contributed by atoms with Crippen LogP contribution in [0.15, 0.2) is 51.2 Å². The highest BCUT2D eigenvalue weighted by Crippen LogP contribution is 2.23. The molecule has 3 rings (SSSR count). The maximum atomic E-state index is 13.4. The van der Waals surface area contributed by atoms with Crippen molar-refractivity contribution in [2.24, 2.45) is 9.98 Å². The summed E-state index contributed by atoms with van der Waals surface area (Å²) in [5, 5.41) is 15.8. The molecule has 0 amide bonds. The van der Waals surface area contributed by atoms with E-state index in [1.807, 2.05) is 58.7 Å². The minimum absolute atomic E-state index is 0.00237. The van der Waals surface area contributed by atoms with Crippen LogP contribution in [0, 0.1) is 31.0 Å². The van der Waals surface area contributed by atoms with Gasteiger partial charge in [0.1, 0.15) is 23.6 Å². The number of hydrogen-bond acceptors (Lipinski definition) is 7. The number of benzene rings is 2. The molecule has 0 bridgehead atoms. The molecule has 0 aliphatic carbocycles. The number of hydrogen-bond donors (Lipinski definition) is 2. The number of aliphatic hydroxyl groups is 1. The Hall–Kier alpha value is -4.43. The van der Waals surface area contributed by atoms with Crippen molar-refractivity contribution in [3.05, 3.63) is 75.1 Å². The fourth-order valence-corrected chi connectivity index (χ4v) is 3.68. The number of anilines is 1. The first kappa shape index (κ1) is 34.6. The van der Waals surface area contributed by atoms with Crippen LogP contribution in [0.2, 0.25) is 0 Å². The summed E-state index contributed by atoms with van der Waals surface area (Å²) in [7, 11) is 2.89. The van der Waals surface area contributed by atoms with Gasteiger partial charge in [-0.05, 0) is 70.7 Å². The Labute approximate surface area is 241 Å². The van der Waals surface area contributed by atoms with Gasteiger partial charge in [0.2, 0.25) is 0 Å². The van der Waals surface area contributed by atoms with Crippen molar-refractivity contribution >= 4 is 24.6 Å². The van der Waals surface area contributed by atoms with Gasteiger partial charge < -0.3 is 20.5 Å². The summed E-state index contributed by atoms with van der Waals surface area (Å²) in [5.74, 6) is 0.519. The number of ether oxygens (including phenoxy) is 1. The number of nitrogens with two attached hydrogens (primary N) is 1. The van der Waals surface area contributed by atoms with E-state index in [-0.39, 0.29) is 24.2 Å². The highest BCUT2D eigenvalue weighted by molar-refractivity contribution is 5.64. The molecule has 3 aromatic rings. The van der Waals surface area contributed by atoms with Crippen LogP contribution < -0.4 is 16.2 Å². The van der Waals surface area contributed by atoms with Crippen molar-refractivity contribution in [3.63, 3.8) is 0 Å². The number of imidazole rings is 1. The van der Waals surface area contributed by atoms with Crippen molar-refractivity contribution in [2.75, 3.05) is 26.5 Å². The quantitative estimate of drug-likeness (QED) is 0.271. The molecular formula is C30H42FN7O3. The van der Waals surface area contributed by atoms with Crippen LogP contribution >= 0.6 is 0 Å². The molecule has 3 N–H and O–H groups in total. The summed E-state index contributed by atoms with van der Waals surface area (Å²) in [6.07, 6.45) is 2.54. The predicted octanol–water partition coefficient (Wildman–Crippen LogP) is 4.65. The van der Waals surface area contributed by atoms with Gasteiger partial charge in [-0.15, -0.1) is 0 Å². The van der Waals surface area contributed by atoms with Crippen LogP contribution in [-0.4, -0.2) is 59.1 Å². The predicted molar refractivity (Wildman–Crippen MR) is 164 cm³/mol. The summed E-state index contributed by atoms with van der Waals surface area (Å²) in [6.45, 7) is 14.4. The standard InChI is InChI=1S/C16H22FN3O2.C13H16N4.CH4O/c1-4-8-22-14-9-13(17)7-6-12(14)10-20-15(18)11(3)19(5-2)16(20)21;1-10-7-12(8-14)5-6-13(10)16-9-17(4)11(2)15-3;1-2/h6-7,9H,4-5,8,10,18H2,1-3H3;5-7,9,11H,3H2,1-2,4H3;2H,1H3. The highest BCUT2D eigenvalue weighted by Gasteiger charge is 2.15. The summed E-state index contributed by atoms with van der Waals surface area (Å²) < 4.78 is 22.1. The Morgan fingerprint density at radius 3 is 2.44 bits per heavy atom. The minimum atomic E-state index is -0.363. The summed E-state index contributed by atoms with van der Waals surface area (Å²) in [4.78, 5) is 22.5. The van der Waals surface area contributed by atoms with Gasteiger partial charge in [-0.2, -0.15) is 5.26 Å². The molecule has 0 aliphatic heterocycles. The molecule has 0 aliphatic rings. The van der Waals surface area contributed by atoms with Gasteiger partial charge in [0, 0.05) is 32.3 Å². The first-order valence-electron chi connectivity index (χ1n) is 13.2. The van der Waals surface area contributed by atoms with E-state index in [4.69, 9.17) is 20.8 Å². The Morgan fingerprint density at radius 1 is 1.22 bits per heavy atom. The largest absolute Gasteiger partial charge is 0.493 e. The number of aliphatic hydroxyl groups excluding tert-OH is 1. The van der Waals surface area contributed by atoms with Gasteiger partial charge >= 0.3 is 5.69 Å². The zero-order valence-electron chi connectivity index (χ0n) is 25.1. The lowest BCUT2D eigenvalue weighted by molar-refractivity contribution is 0.311. The van der Waals surface area contributed by atoms with Crippen LogP contribution in [0.4, 0.5) is 15.9 Å². The van der Waals surface area contributed by atoms with Gasteiger partial charge in [-0.25, -0.2) is 14.2 Å². The Bertz CT molecular complexity index is 1410. The number of aromatic nitrogens is 2. The van der Waals surface area contributed by atoms with Gasteiger partial charge in [0.15, 0.2) is 0 Å². The molecule has 0 spiro atoms. The maximum Gasteiger partial charge on any atom is 0.330 e. The van der Waals surface area contributed by atoms with Gasteiger partial charge in [0.05, 0.1) is 42.5 Å². The van der Waals surface area contributed by atoms with Crippen molar-refractivity contribution in [2.45, 2.75) is 60.3 Å². The molecule has 1 aromatic heterocycles. The smallest absolute Gasteiger partial charge is 0.330 e. The van der Waals surface area contributed by atoms with E-state index in [1.54, 1.807) is 23.0 Å². The maximum absolute atomic E-state index is 13.4. The number of aryl methyl sites for hydroxylation is 1. The van der Waals surface area contributed by atoms with Gasteiger partial charge in [-0.3, -0.25) is 14.1 Å². The molecule has 0 saturated heterocycles. The molecule has 222 valence electrons. The average Bonchev–Trinajstić information content (AvgIpc) is 3.19. The highest BCUT2D eigenvalue weighted by atomic mass is 19.1. The Kier molecular flexibility index (Phi) is 14.6. The third-order valence-corrected chi connectivity index (χ3v) is 6.22. The van der Waals surface area contributed by atoms with Crippen LogP contribution in [0.5, 0.6) is 5.75 Å². The third-order valence-electron chi connectivity index (χ3n) is 6.22. The van der Waals surface area contributed by atoms with Gasteiger partial charge in [0.25, 0.3) is 0 Å². The average molecular weight is 568 g/mol. The molecule has 1 unspecified atom stereocenters. The Balaban J connectivity index is 0.000000399. The summed E-state index contributed by atoms with van der Waals surface area (Å²) in [6, 6.07) is 11.9. The monoisotopic (exact) mass is 567 g/mol. The van der Waals surface area contributed by atoms with Crippen LogP contribution in [-0.2, 0) is 13.1 Å². The second kappa shape index (κ2) is 17.3. The number of nitrogens with zero attached hydrogens (tertiary/aromatic N) is 6. The fraction of sp³-hybridized carbons (Fsp3) is 0.400. The molecule has 1 heterocycles. The lowest BCUT2D eigenvalue weighted by Crippen LogP contribution is -2.25. The number of halogens is 1. The zero-order valence-corrected chi connectivity index (χ0v) is 25.1. The number of rotatable bonds is 10. The van der Waals surface area contributed by atoms with E-state index in [9.17, 15) is 9.18 Å². The second-order valence-electron chi connectivity index (χ2n) is 9.02. The van der Waals surface area contributed by atoms with Crippen LogP contribution in [0.1, 0.15) is 49.6 Å². The number of nitrogen functional groups attached to an aromatic ring is 1. The lowest BCUT2D eigenvalue weighted by atomic mass is 10.1. The summed E-state index contributed by atoms with van der Waals surface area (Å²) >= 11 is 0. The molecule has 0 fully saturated rings. The third kappa shape index (κ3) is 9.61. The zero-order chi connectivity index (χ0) is 31.1. The first-order valence-corrected chi connectivity index (χ1v) is 13.2. The van der Waals surface area contributed by atoms with Crippen LogP contribution in [0.25, 0.3) is 0 Å². The molecule has 2 aromatic carbocycles. The Morgan fingerprint density at radius 2 is 1.90 bits per heavy atom. The summed E-state index contributed by atoms with van der Waals surface area (Å²) in [5.41, 5.74) is 9.83. The molecular weight excluding hydrogens is 525 g/mol. The fourth-order valence-electron chi connectivity index (χ4n) is 3.68. The van der Waals surface area contributed by atoms with E-state index >= 15 is 0 Å². The van der Waals surface area contributed by atoms with E-state index < -0.39 is 0 Å². The van der Waals surface area contributed by atoms with Crippen molar-refractivity contribution < 1.29 is 14.2 Å². The van der Waals surface area contributed by atoms with Crippen molar-refractivity contribution in [1.82, 2.24) is 14.0 Å². The van der Waals surface area contributed by atoms with E-state index in [2.05, 4.69) is 22.8 Å². The molecule has 1 atom stereocenters. The molecule has 10 nitrogen and oxygen atoms in total. The first-order chi connectivity index (χ1) is 19.6. The SMILES string of the molecule is C=NC(C)N(C)C=Nc1ccc(C#N)cc1C.CCCOc1cc(F)ccc1Cn1c(N)c(C)n(CC)c1=O.CO. The topological polar surface area (TPSA) is 134 Å². The van der Waals surface area contributed by atoms with Crippen molar-refractivity contribution in [3.8, 4) is 11.8 Å². The van der Waals surface area contributed by atoms with Crippen LogP contribution in [0.3, 0.4) is 0 Å². The normalized spacial score (nSPS) is 11.0.